The largest absolute Gasteiger partial charge is 0.454 e. The first-order valence-electron chi connectivity index (χ1n) is 7.04. The highest BCUT2D eigenvalue weighted by Crippen LogP contribution is 2.39. The zero-order chi connectivity index (χ0) is 16.1. The third-order valence-corrected chi connectivity index (χ3v) is 4.70. The van der Waals surface area contributed by atoms with Crippen LogP contribution in [-0.2, 0) is 17.8 Å². The predicted octanol–water partition coefficient (Wildman–Crippen LogP) is 1.95. The van der Waals surface area contributed by atoms with E-state index in [1.807, 2.05) is 19.1 Å². The molecular formula is C15H13BrN4O3. The first-order chi connectivity index (χ1) is 11.0. The highest BCUT2D eigenvalue weighted by Gasteiger charge is 2.32. The Kier molecular flexibility index (Phi) is 3.15. The van der Waals surface area contributed by atoms with Crippen LogP contribution >= 0.6 is 15.9 Å². The van der Waals surface area contributed by atoms with Gasteiger partial charge in [-0.15, -0.1) is 0 Å². The number of hydrogen-bond acceptors (Lipinski definition) is 6. The number of carbonyl (C=O) groups excluding carboxylic acids is 1. The SMILES string of the molecule is Cc1nc(N)nc2c1CC(=O)N2Cc1cc2c(cc1Br)OCO2. The summed E-state index contributed by atoms with van der Waals surface area (Å²) in [6.07, 6.45) is 0.295. The van der Waals surface area contributed by atoms with Gasteiger partial charge in [0.15, 0.2) is 11.5 Å². The number of carbonyl (C=O) groups is 1. The van der Waals surface area contributed by atoms with Crippen LogP contribution in [0.2, 0.25) is 0 Å². The van der Waals surface area contributed by atoms with E-state index in [0.717, 1.165) is 21.3 Å². The normalized spacial score (nSPS) is 15.2. The van der Waals surface area contributed by atoms with E-state index >= 15 is 0 Å². The fourth-order valence-corrected chi connectivity index (χ4v) is 3.26. The number of aromatic nitrogens is 2. The Morgan fingerprint density at radius 3 is 2.83 bits per heavy atom. The average molecular weight is 377 g/mol. The number of nitrogen functional groups attached to an aromatic ring is 1. The maximum absolute atomic E-state index is 12.4. The molecule has 7 nitrogen and oxygen atoms in total. The Hall–Kier alpha value is -2.35. The zero-order valence-electron chi connectivity index (χ0n) is 12.3. The molecule has 1 aromatic carbocycles. The Morgan fingerprint density at radius 2 is 2.04 bits per heavy atom. The number of nitrogens with zero attached hydrogens (tertiary/aromatic N) is 3. The second kappa shape index (κ2) is 5.09. The summed E-state index contributed by atoms with van der Waals surface area (Å²) in [4.78, 5) is 22.4. The quantitative estimate of drug-likeness (QED) is 0.861. The smallest absolute Gasteiger partial charge is 0.233 e. The van der Waals surface area contributed by atoms with E-state index in [1.165, 1.54) is 0 Å². The molecule has 0 bridgehead atoms. The van der Waals surface area contributed by atoms with Crippen LogP contribution in [0.4, 0.5) is 11.8 Å². The third-order valence-electron chi connectivity index (χ3n) is 3.96. The van der Waals surface area contributed by atoms with Gasteiger partial charge in [0.25, 0.3) is 0 Å². The molecule has 1 amide bonds. The van der Waals surface area contributed by atoms with Crippen molar-refractivity contribution < 1.29 is 14.3 Å². The van der Waals surface area contributed by atoms with Gasteiger partial charge in [0, 0.05) is 15.7 Å². The van der Waals surface area contributed by atoms with Gasteiger partial charge in [0.1, 0.15) is 5.82 Å². The molecule has 0 radical (unpaired) electrons. The van der Waals surface area contributed by atoms with Gasteiger partial charge in [-0.2, -0.15) is 4.98 Å². The number of rotatable bonds is 2. The van der Waals surface area contributed by atoms with Crippen molar-refractivity contribution in [3.63, 3.8) is 0 Å². The van der Waals surface area contributed by atoms with E-state index in [2.05, 4.69) is 25.9 Å². The molecule has 118 valence electrons. The van der Waals surface area contributed by atoms with Crippen LogP contribution in [0.25, 0.3) is 0 Å². The highest BCUT2D eigenvalue weighted by molar-refractivity contribution is 9.10. The van der Waals surface area contributed by atoms with Crippen LogP contribution in [0.15, 0.2) is 16.6 Å². The number of aryl methyl sites for hydroxylation is 1. The summed E-state index contributed by atoms with van der Waals surface area (Å²) in [5, 5.41) is 0. The molecule has 2 aliphatic heterocycles. The molecule has 0 aliphatic carbocycles. The molecule has 2 aliphatic rings. The van der Waals surface area contributed by atoms with Crippen LogP contribution in [0.5, 0.6) is 11.5 Å². The number of fused-ring (bicyclic) bond motifs is 2. The lowest BCUT2D eigenvalue weighted by Crippen LogP contribution is -2.27. The van der Waals surface area contributed by atoms with Crippen LogP contribution in [0.3, 0.4) is 0 Å². The molecule has 8 heteroatoms. The number of anilines is 2. The third kappa shape index (κ3) is 2.29. The number of benzene rings is 1. The summed E-state index contributed by atoms with van der Waals surface area (Å²) in [5.41, 5.74) is 8.22. The van der Waals surface area contributed by atoms with Crippen molar-refractivity contribution in [2.24, 2.45) is 0 Å². The molecule has 0 saturated heterocycles. The van der Waals surface area contributed by atoms with Gasteiger partial charge in [0.05, 0.1) is 13.0 Å². The number of ether oxygens (including phenoxy) is 2. The topological polar surface area (TPSA) is 90.6 Å². The van der Waals surface area contributed by atoms with E-state index in [9.17, 15) is 4.79 Å². The lowest BCUT2D eigenvalue weighted by Gasteiger charge is -2.18. The molecule has 0 fully saturated rings. The Bertz CT molecular complexity index is 840. The van der Waals surface area contributed by atoms with Gasteiger partial charge in [0.2, 0.25) is 18.6 Å². The van der Waals surface area contributed by atoms with Crippen molar-refractivity contribution in [1.29, 1.82) is 0 Å². The summed E-state index contributed by atoms with van der Waals surface area (Å²) < 4.78 is 11.6. The van der Waals surface area contributed by atoms with Crippen molar-refractivity contribution >= 4 is 33.6 Å². The number of nitrogens with two attached hydrogens (primary N) is 1. The second-order valence-corrected chi connectivity index (χ2v) is 6.28. The van der Waals surface area contributed by atoms with Crippen LogP contribution in [0, 0.1) is 6.92 Å². The molecule has 0 spiro atoms. The number of hydrogen-bond donors (Lipinski definition) is 1. The first-order valence-corrected chi connectivity index (χ1v) is 7.83. The van der Waals surface area contributed by atoms with Gasteiger partial charge in [-0.3, -0.25) is 9.69 Å². The maximum atomic E-state index is 12.4. The number of halogens is 1. The average Bonchev–Trinajstić information content (AvgIpc) is 3.05. The molecule has 4 rings (SSSR count). The molecular weight excluding hydrogens is 364 g/mol. The molecule has 23 heavy (non-hydrogen) atoms. The Balaban J connectivity index is 1.72. The van der Waals surface area contributed by atoms with Crippen LogP contribution in [0.1, 0.15) is 16.8 Å². The summed E-state index contributed by atoms with van der Waals surface area (Å²) in [6, 6.07) is 3.72. The number of amides is 1. The summed E-state index contributed by atoms with van der Waals surface area (Å²) in [6.45, 7) is 2.42. The van der Waals surface area contributed by atoms with Crippen molar-refractivity contribution in [3.05, 3.63) is 33.4 Å². The zero-order valence-corrected chi connectivity index (χ0v) is 13.9. The predicted molar refractivity (Wildman–Crippen MR) is 86.3 cm³/mol. The molecule has 2 N–H and O–H groups in total. The van der Waals surface area contributed by atoms with E-state index in [4.69, 9.17) is 15.2 Å². The van der Waals surface area contributed by atoms with Crippen LogP contribution < -0.4 is 20.1 Å². The fraction of sp³-hybridized carbons (Fsp3) is 0.267. The Morgan fingerprint density at radius 1 is 1.30 bits per heavy atom. The molecule has 0 saturated carbocycles. The highest BCUT2D eigenvalue weighted by atomic mass is 79.9. The lowest BCUT2D eigenvalue weighted by molar-refractivity contribution is -0.117. The standard InChI is InChI=1S/C15H13BrN4O3/c1-7-9-3-13(21)20(14(9)19-15(17)18-7)5-8-2-11-12(4-10(8)16)23-6-22-11/h2,4H,3,5-6H2,1H3,(H2,17,18,19). The van der Waals surface area contributed by atoms with E-state index in [-0.39, 0.29) is 18.6 Å². The fourth-order valence-electron chi connectivity index (χ4n) is 2.81. The summed E-state index contributed by atoms with van der Waals surface area (Å²) in [7, 11) is 0. The maximum Gasteiger partial charge on any atom is 0.233 e. The van der Waals surface area contributed by atoms with Crippen molar-refractivity contribution in [1.82, 2.24) is 9.97 Å². The molecule has 2 aromatic rings. The minimum absolute atomic E-state index is 0.0208. The van der Waals surface area contributed by atoms with Gasteiger partial charge in [-0.05, 0) is 24.6 Å². The van der Waals surface area contributed by atoms with Crippen molar-refractivity contribution in [2.75, 3.05) is 17.4 Å². The van der Waals surface area contributed by atoms with Gasteiger partial charge >= 0.3 is 0 Å². The molecule has 0 atom stereocenters. The lowest BCUT2D eigenvalue weighted by atomic mass is 10.2. The van der Waals surface area contributed by atoms with Crippen LogP contribution in [-0.4, -0.2) is 22.7 Å². The van der Waals surface area contributed by atoms with E-state index < -0.39 is 0 Å². The van der Waals surface area contributed by atoms with Crippen molar-refractivity contribution in [3.8, 4) is 11.5 Å². The molecule has 0 unspecified atom stereocenters. The van der Waals surface area contributed by atoms with Crippen molar-refractivity contribution in [2.45, 2.75) is 19.9 Å². The summed E-state index contributed by atoms with van der Waals surface area (Å²) >= 11 is 3.52. The van der Waals surface area contributed by atoms with E-state index in [1.54, 1.807) is 4.90 Å². The summed E-state index contributed by atoms with van der Waals surface area (Å²) in [5.74, 6) is 2.10. The van der Waals surface area contributed by atoms with Gasteiger partial charge in [-0.1, -0.05) is 15.9 Å². The second-order valence-electron chi connectivity index (χ2n) is 5.42. The monoisotopic (exact) mass is 376 g/mol. The Labute approximate surface area is 140 Å². The van der Waals surface area contributed by atoms with Gasteiger partial charge in [-0.25, -0.2) is 4.98 Å². The molecule has 3 heterocycles. The molecule has 1 aromatic heterocycles. The minimum Gasteiger partial charge on any atom is -0.454 e. The van der Waals surface area contributed by atoms with Gasteiger partial charge < -0.3 is 15.2 Å². The first kappa shape index (κ1) is 14.3. The van der Waals surface area contributed by atoms with E-state index in [0.29, 0.717) is 30.3 Å². The minimum atomic E-state index is -0.0208.